The molecule has 3 aromatic carbocycles. The maximum absolute atomic E-state index is 14.3. The Morgan fingerprint density at radius 2 is 1.87 bits per heavy atom. The Kier molecular flexibility index (Phi) is 6.57. The summed E-state index contributed by atoms with van der Waals surface area (Å²) in [5, 5.41) is 4.09. The van der Waals surface area contributed by atoms with Crippen molar-refractivity contribution in [2.45, 2.75) is 39.2 Å². The number of benzene rings is 3. The van der Waals surface area contributed by atoms with Crippen LogP contribution >= 0.6 is 11.6 Å². The van der Waals surface area contributed by atoms with E-state index >= 15 is 0 Å². The van der Waals surface area contributed by atoms with Crippen molar-refractivity contribution in [2.24, 2.45) is 0 Å². The summed E-state index contributed by atoms with van der Waals surface area (Å²) >= 11 is 6.08. The van der Waals surface area contributed by atoms with Crippen molar-refractivity contribution in [1.82, 2.24) is 0 Å². The van der Waals surface area contributed by atoms with Crippen LogP contribution in [0.3, 0.4) is 0 Å². The van der Waals surface area contributed by atoms with Gasteiger partial charge in [-0.3, -0.25) is 0 Å². The zero-order valence-corrected chi connectivity index (χ0v) is 18.4. The summed E-state index contributed by atoms with van der Waals surface area (Å²) in [6.07, 6.45) is 3.77. The molecule has 1 heterocycles. The second-order valence-corrected chi connectivity index (χ2v) is 8.39. The normalized spacial score (nSPS) is 13.1. The van der Waals surface area contributed by atoms with Gasteiger partial charge in [0.05, 0.1) is 0 Å². The molecule has 0 atom stereocenters. The van der Waals surface area contributed by atoms with Gasteiger partial charge in [-0.25, -0.2) is 4.39 Å². The summed E-state index contributed by atoms with van der Waals surface area (Å²) in [5.74, 6) is -0.275. The number of aldehydes is 1. The first-order valence-electron chi connectivity index (χ1n) is 10.7. The lowest BCUT2D eigenvalue weighted by Crippen LogP contribution is -2.26. The molecular weight excluding hydrogens is 411 g/mol. The van der Waals surface area contributed by atoms with Gasteiger partial charge in [-0.1, -0.05) is 29.8 Å². The number of anilines is 3. The molecule has 1 aliphatic rings. The largest absolute Gasteiger partial charge is 0.381 e. The summed E-state index contributed by atoms with van der Waals surface area (Å²) in [4.78, 5) is 12.9. The Morgan fingerprint density at radius 1 is 1.10 bits per heavy atom. The molecule has 4 rings (SSSR count). The monoisotopic (exact) mass is 436 g/mol. The zero-order chi connectivity index (χ0) is 21.8. The molecule has 0 saturated carbocycles. The van der Waals surface area contributed by atoms with E-state index in [1.54, 1.807) is 6.07 Å². The third-order valence-corrected chi connectivity index (χ3v) is 6.18. The third-order valence-electron chi connectivity index (χ3n) is 5.93. The smallest absolute Gasteiger partial charge is 0.128 e. The first-order chi connectivity index (χ1) is 15.1. The SMILES string of the molecule is Cc1c(CNc2ccc(CCC=O)c(F)c2)ccc2c1N(c1ccc(Cl)cc1)CCC2. The topological polar surface area (TPSA) is 32.3 Å². The number of hydrogen-bond donors (Lipinski definition) is 1. The molecule has 5 heteroatoms. The molecule has 0 aliphatic carbocycles. The van der Waals surface area contributed by atoms with E-state index in [2.05, 4.69) is 41.4 Å². The van der Waals surface area contributed by atoms with E-state index < -0.39 is 0 Å². The maximum atomic E-state index is 14.3. The van der Waals surface area contributed by atoms with E-state index in [9.17, 15) is 9.18 Å². The Hall–Kier alpha value is -2.85. The highest BCUT2D eigenvalue weighted by molar-refractivity contribution is 6.30. The lowest BCUT2D eigenvalue weighted by atomic mass is 9.94. The van der Waals surface area contributed by atoms with E-state index in [1.807, 2.05) is 18.2 Å². The zero-order valence-electron chi connectivity index (χ0n) is 17.6. The summed E-state index contributed by atoms with van der Waals surface area (Å²) in [6.45, 7) is 3.74. The average Bonchev–Trinajstić information content (AvgIpc) is 2.78. The highest BCUT2D eigenvalue weighted by Crippen LogP contribution is 2.38. The molecule has 0 aromatic heterocycles. The molecule has 0 unspecified atom stereocenters. The van der Waals surface area contributed by atoms with E-state index in [4.69, 9.17) is 11.6 Å². The van der Waals surface area contributed by atoms with Gasteiger partial charge in [-0.05, 0) is 84.8 Å². The molecule has 1 N–H and O–H groups in total. The second-order valence-electron chi connectivity index (χ2n) is 7.95. The quantitative estimate of drug-likeness (QED) is 0.422. The Morgan fingerprint density at radius 3 is 2.61 bits per heavy atom. The Labute approximate surface area is 187 Å². The van der Waals surface area contributed by atoms with Crippen LogP contribution in [0.4, 0.5) is 21.5 Å². The highest BCUT2D eigenvalue weighted by Gasteiger charge is 2.22. The van der Waals surface area contributed by atoms with Crippen molar-refractivity contribution in [3.63, 3.8) is 0 Å². The van der Waals surface area contributed by atoms with E-state index in [0.29, 0.717) is 24.9 Å². The van der Waals surface area contributed by atoms with E-state index in [0.717, 1.165) is 42.1 Å². The fourth-order valence-electron chi connectivity index (χ4n) is 4.26. The van der Waals surface area contributed by atoms with Gasteiger partial charge in [0.2, 0.25) is 0 Å². The fraction of sp³-hybridized carbons (Fsp3) is 0.269. The van der Waals surface area contributed by atoms with Gasteiger partial charge < -0.3 is 15.0 Å². The predicted molar refractivity (Wildman–Crippen MR) is 126 cm³/mol. The van der Waals surface area contributed by atoms with Crippen molar-refractivity contribution in [3.8, 4) is 0 Å². The summed E-state index contributed by atoms with van der Waals surface area (Å²) in [7, 11) is 0. The second kappa shape index (κ2) is 9.52. The number of aryl methyl sites for hydroxylation is 2. The van der Waals surface area contributed by atoms with Crippen molar-refractivity contribution in [2.75, 3.05) is 16.8 Å². The third kappa shape index (κ3) is 4.75. The fourth-order valence-corrected chi connectivity index (χ4v) is 4.38. The van der Waals surface area contributed by atoms with Gasteiger partial charge in [0.25, 0.3) is 0 Å². The number of fused-ring (bicyclic) bond motifs is 1. The molecule has 0 amide bonds. The van der Waals surface area contributed by atoms with Crippen LogP contribution in [-0.2, 0) is 24.2 Å². The molecule has 0 fully saturated rings. The Bertz CT molecular complexity index is 1080. The number of halogens is 2. The van der Waals surface area contributed by atoms with Crippen LogP contribution in [0, 0.1) is 12.7 Å². The molecule has 1 aliphatic heterocycles. The molecular formula is C26H26ClFN2O. The molecule has 31 heavy (non-hydrogen) atoms. The summed E-state index contributed by atoms with van der Waals surface area (Å²) in [5.41, 5.74) is 7.50. The molecule has 0 spiro atoms. The van der Waals surface area contributed by atoms with Gasteiger partial charge in [0, 0.05) is 41.6 Å². The van der Waals surface area contributed by atoms with Gasteiger partial charge in [-0.2, -0.15) is 0 Å². The van der Waals surface area contributed by atoms with Crippen LogP contribution in [0.25, 0.3) is 0 Å². The van der Waals surface area contributed by atoms with Crippen LogP contribution in [0.1, 0.15) is 35.1 Å². The molecule has 3 nitrogen and oxygen atoms in total. The minimum Gasteiger partial charge on any atom is -0.381 e. The van der Waals surface area contributed by atoms with Crippen LogP contribution in [-0.4, -0.2) is 12.8 Å². The minimum atomic E-state index is -0.275. The van der Waals surface area contributed by atoms with Crippen molar-refractivity contribution in [1.29, 1.82) is 0 Å². The number of nitrogens with one attached hydrogen (secondary N) is 1. The Balaban J connectivity index is 1.55. The van der Waals surface area contributed by atoms with Crippen molar-refractivity contribution < 1.29 is 9.18 Å². The minimum absolute atomic E-state index is 0.275. The first kappa shape index (κ1) is 21.4. The average molecular weight is 437 g/mol. The van der Waals surface area contributed by atoms with Crippen LogP contribution in [0.15, 0.2) is 54.6 Å². The number of rotatable bonds is 7. The summed E-state index contributed by atoms with van der Waals surface area (Å²) < 4.78 is 14.3. The maximum Gasteiger partial charge on any atom is 0.128 e. The number of hydrogen-bond acceptors (Lipinski definition) is 3. The van der Waals surface area contributed by atoms with Gasteiger partial charge in [-0.15, -0.1) is 0 Å². The van der Waals surface area contributed by atoms with Crippen LogP contribution in [0.2, 0.25) is 5.02 Å². The van der Waals surface area contributed by atoms with Gasteiger partial charge in [0.15, 0.2) is 0 Å². The van der Waals surface area contributed by atoms with Gasteiger partial charge >= 0.3 is 0 Å². The van der Waals surface area contributed by atoms with Gasteiger partial charge in [0.1, 0.15) is 12.1 Å². The predicted octanol–water partition coefficient (Wildman–Crippen LogP) is 6.62. The van der Waals surface area contributed by atoms with E-state index in [-0.39, 0.29) is 5.82 Å². The first-order valence-corrected chi connectivity index (χ1v) is 11.0. The molecule has 0 bridgehead atoms. The molecule has 3 aromatic rings. The molecule has 160 valence electrons. The summed E-state index contributed by atoms with van der Waals surface area (Å²) in [6, 6.07) is 17.5. The lowest BCUT2D eigenvalue weighted by Gasteiger charge is -2.34. The number of carbonyl (C=O) groups is 1. The van der Waals surface area contributed by atoms with Crippen LogP contribution < -0.4 is 10.2 Å². The lowest BCUT2D eigenvalue weighted by molar-refractivity contribution is -0.107. The van der Waals surface area contributed by atoms with E-state index in [1.165, 1.54) is 28.4 Å². The highest BCUT2D eigenvalue weighted by atomic mass is 35.5. The van der Waals surface area contributed by atoms with Crippen molar-refractivity contribution in [3.05, 3.63) is 87.7 Å². The van der Waals surface area contributed by atoms with Crippen molar-refractivity contribution >= 4 is 34.9 Å². The number of nitrogens with zero attached hydrogens (tertiary/aromatic N) is 1. The standard InChI is InChI=1S/C26H26ClFN2O/c1-18-21(17-29-23-11-8-19(5-3-15-31)25(28)16-23)7-6-20-4-2-14-30(26(18)20)24-12-9-22(27)10-13-24/h6-13,15-16,29H,2-5,14,17H2,1H3. The molecule has 0 radical (unpaired) electrons. The molecule has 0 saturated heterocycles. The van der Waals surface area contributed by atoms with Crippen LogP contribution in [0.5, 0.6) is 0 Å². The number of carbonyl (C=O) groups excluding carboxylic acids is 1.